The van der Waals surface area contributed by atoms with Crippen LogP contribution in [-0.4, -0.2) is 23.2 Å². The molecular weight excluding hydrogens is 885 g/mol. The van der Waals surface area contributed by atoms with Crippen LogP contribution in [0.5, 0.6) is 0 Å². The Balaban J connectivity index is 0.000000170. The minimum atomic E-state index is -2.18. The van der Waals surface area contributed by atoms with Crippen molar-refractivity contribution in [1.29, 1.82) is 0 Å². The van der Waals surface area contributed by atoms with Crippen LogP contribution in [0.15, 0.2) is 138 Å². The molecule has 0 bridgehead atoms. The van der Waals surface area contributed by atoms with Gasteiger partial charge in [-0.25, -0.2) is 0 Å². The normalized spacial score (nSPS) is 13.5. The van der Waals surface area contributed by atoms with Gasteiger partial charge >= 0.3 is 146 Å². The largest absolute Gasteiger partial charge is 0.501 e. The summed E-state index contributed by atoms with van der Waals surface area (Å²) in [6.07, 6.45) is 8.60. The van der Waals surface area contributed by atoms with E-state index in [1.54, 1.807) is 6.07 Å². The smallest absolute Gasteiger partial charge is 0.121 e. The second-order valence-corrected chi connectivity index (χ2v) is 25.2. The van der Waals surface area contributed by atoms with Gasteiger partial charge in [-0.3, -0.25) is 0 Å². The number of rotatable bonds is 5. The summed E-state index contributed by atoms with van der Waals surface area (Å²) in [7, 11) is 0. The van der Waals surface area contributed by atoms with Crippen molar-refractivity contribution in [3.05, 3.63) is 163 Å². The van der Waals surface area contributed by atoms with E-state index in [-0.39, 0.29) is 20.1 Å². The van der Waals surface area contributed by atoms with E-state index in [1.165, 1.54) is 33.9 Å². The molecule has 3 nitrogen and oxygen atoms in total. The number of furan rings is 1. The van der Waals surface area contributed by atoms with Crippen LogP contribution in [0.3, 0.4) is 0 Å². The topological polar surface area (TPSA) is 38.9 Å². The number of aryl methyl sites for hydroxylation is 2. The van der Waals surface area contributed by atoms with Crippen molar-refractivity contribution in [1.82, 2.24) is 9.97 Å². The van der Waals surface area contributed by atoms with Crippen LogP contribution in [-0.2, 0) is 32.9 Å². The molecular formula is C48H42GeIrN2O-2. The van der Waals surface area contributed by atoms with E-state index in [2.05, 4.69) is 95.0 Å². The number of fused-ring (bicyclic) bond motifs is 4. The Morgan fingerprint density at radius 1 is 0.736 bits per heavy atom. The fourth-order valence-corrected chi connectivity index (χ4v) is 9.27. The minimum absolute atomic E-state index is 0. The molecule has 0 spiro atoms. The van der Waals surface area contributed by atoms with Crippen molar-refractivity contribution < 1.29 is 28.6 Å². The molecule has 0 N–H and O–H groups in total. The number of nitrogens with zero attached hydrogens (tertiary/aromatic N) is 2. The summed E-state index contributed by atoms with van der Waals surface area (Å²) in [6.45, 7) is -2.18. The monoisotopic (exact) mass is 932 g/mol. The van der Waals surface area contributed by atoms with Crippen LogP contribution in [0.25, 0.3) is 66.7 Å². The molecule has 265 valence electrons. The molecule has 0 saturated heterocycles. The maximum Gasteiger partial charge on any atom is 0.121 e. The van der Waals surface area contributed by atoms with Crippen LogP contribution in [0.4, 0.5) is 0 Å². The Bertz CT molecular complexity index is 2620. The molecule has 53 heavy (non-hydrogen) atoms. The van der Waals surface area contributed by atoms with Crippen molar-refractivity contribution in [3.63, 3.8) is 0 Å². The van der Waals surface area contributed by atoms with E-state index in [9.17, 15) is 0 Å². The second-order valence-electron chi connectivity index (χ2n) is 14.5. The van der Waals surface area contributed by atoms with Gasteiger partial charge in [-0.2, -0.15) is 0 Å². The summed E-state index contributed by atoms with van der Waals surface area (Å²) in [5.41, 5.74) is 12.5. The molecule has 0 amide bonds. The first-order valence-electron chi connectivity index (χ1n) is 19.5. The summed E-state index contributed by atoms with van der Waals surface area (Å²) in [4.78, 5) is 9.37. The molecule has 1 aliphatic rings. The van der Waals surface area contributed by atoms with E-state index in [0.717, 1.165) is 68.4 Å². The second kappa shape index (κ2) is 15.8. The fraction of sp³-hybridized carbons (Fsp3) is 0.167. The average Bonchev–Trinajstić information content (AvgIpc) is 3.59. The van der Waals surface area contributed by atoms with Crippen LogP contribution in [0.2, 0.25) is 17.3 Å². The third kappa shape index (κ3) is 7.73. The first kappa shape index (κ1) is 33.0. The van der Waals surface area contributed by atoms with Gasteiger partial charge in [-0.15, -0.1) is 18.2 Å². The number of hydrogen-bond acceptors (Lipinski definition) is 3. The third-order valence-corrected chi connectivity index (χ3v) is 14.2. The van der Waals surface area contributed by atoms with Gasteiger partial charge in [0.25, 0.3) is 0 Å². The van der Waals surface area contributed by atoms with Crippen molar-refractivity contribution in [2.75, 3.05) is 0 Å². The number of benzene rings is 5. The Kier molecular flexibility index (Phi) is 9.83. The first-order valence-corrected chi connectivity index (χ1v) is 25.4. The van der Waals surface area contributed by atoms with Crippen molar-refractivity contribution in [3.8, 4) is 44.8 Å². The zero-order chi connectivity index (χ0) is 38.2. The maximum atomic E-state index is 7.84. The summed E-state index contributed by atoms with van der Waals surface area (Å²) >= 11 is -1.91. The van der Waals surface area contributed by atoms with Crippen LogP contribution in [0, 0.1) is 19.0 Å². The summed E-state index contributed by atoms with van der Waals surface area (Å²) < 4.78 is 31.3. The summed E-state index contributed by atoms with van der Waals surface area (Å²) in [5, 5.41) is 2.27. The molecule has 3 aromatic heterocycles. The minimum Gasteiger partial charge on any atom is -0.501 e. The molecule has 5 aromatic carbocycles. The Hall–Kier alpha value is -4.61. The molecule has 0 saturated carbocycles. The van der Waals surface area contributed by atoms with Gasteiger partial charge in [0.05, 0.1) is 5.58 Å². The van der Waals surface area contributed by atoms with E-state index in [0.29, 0.717) is 11.1 Å². The van der Waals surface area contributed by atoms with Crippen molar-refractivity contribution in [2.24, 2.45) is 0 Å². The Labute approximate surface area is 333 Å². The van der Waals surface area contributed by atoms with Crippen molar-refractivity contribution in [2.45, 2.75) is 49.8 Å². The van der Waals surface area contributed by atoms with Crippen molar-refractivity contribution >= 4 is 39.6 Å². The molecule has 8 aromatic rings. The Morgan fingerprint density at radius 2 is 1.51 bits per heavy atom. The van der Waals surface area contributed by atoms with Gasteiger partial charge < -0.3 is 9.40 Å². The van der Waals surface area contributed by atoms with Crippen LogP contribution < -0.4 is 4.40 Å². The molecule has 9 rings (SSSR count). The van der Waals surface area contributed by atoms with E-state index in [1.807, 2.05) is 67.0 Å². The molecule has 0 fully saturated rings. The third-order valence-electron chi connectivity index (χ3n) is 9.99. The van der Waals surface area contributed by atoms with Gasteiger partial charge in [-0.05, 0) is 54.6 Å². The quantitative estimate of drug-likeness (QED) is 0.128. The Morgan fingerprint density at radius 3 is 2.25 bits per heavy atom. The van der Waals surface area contributed by atoms with Gasteiger partial charge in [0.1, 0.15) is 5.58 Å². The maximum absolute atomic E-state index is 7.84. The van der Waals surface area contributed by atoms with Gasteiger partial charge in [-0.1, -0.05) is 64.5 Å². The predicted molar refractivity (Wildman–Crippen MR) is 220 cm³/mol. The molecule has 0 unspecified atom stereocenters. The molecule has 0 aliphatic heterocycles. The zero-order valence-corrected chi connectivity index (χ0v) is 34.7. The van der Waals surface area contributed by atoms with E-state index < -0.39 is 20.1 Å². The molecule has 0 atom stereocenters. The first-order chi connectivity index (χ1) is 26.5. The number of pyridine rings is 2. The van der Waals surface area contributed by atoms with Gasteiger partial charge in [0.2, 0.25) is 0 Å². The van der Waals surface area contributed by atoms with E-state index in [4.69, 9.17) is 13.5 Å². The molecule has 1 aliphatic carbocycles. The molecule has 3 heterocycles. The zero-order valence-electron chi connectivity index (χ0n) is 33.2. The number of hydrogen-bond donors (Lipinski definition) is 0. The predicted octanol–water partition coefficient (Wildman–Crippen LogP) is 12.1. The average molecular weight is 931 g/mol. The van der Waals surface area contributed by atoms with Crippen LogP contribution >= 0.6 is 0 Å². The number of aromatic nitrogens is 2. The molecule has 5 heteroatoms. The summed E-state index contributed by atoms with van der Waals surface area (Å²) in [6, 6.07) is 47.0. The van der Waals surface area contributed by atoms with Crippen LogP contribution in [0.1, 0.15) is 33.6 Å². The van der Waals surface area contributed by atoms with E-state index >= 15 is 0 Å². The van der Waals surface area contributed by atoms with Gasteiger partial charge in [0, 0.05) is 31.7 Å². The fourth-order valence-electron chi connectivity index (χ4n) is 7.10. The SMILES string of the molecule is [2H]C([2H])([2H])c1c[c-]c(-c2cc[c]([Ge]([CH3])([CH3])[CH3])cn2)cc1-c1ccccc1.[Ir].[c-]1ccc2c(oc3cc(-c4ccccc4)ccc32)c1-c1nccc2c1CCCC2. The molecule has 1 radical (unpaired) electrons. The standard InChI is InChI=1S/C27H20NO.C21H22GeN.Ir/c1-2-7-18(8-3-1)20-13-14-22-23-11-6-12-24(27(23)29-25(22)17-20)26-21-10-5-4-9-19(21)15-16-28-26;1-16-10-11-18(14-20(16)17-8-6-5-7-9-17)21-13-12-19(15-23-21)22(2,3)4;/h1-3,6-8,11,13-17H,4-5,9-10H2;5-10,12-15H,1-4H3;/q2*-1;/i;1D3;. The summed E-state index contributed by atoms with van der Waals surface area (Å²) in [5.74, 6) is 7.00. The van der Waals surface area contributed by atoms with Gasteiger partial charge in [0.15, 0.2) is 0 Å².